The van der Waals surface area contributed by atoms with Crippen LogP contribution >= 0.6 is 11.6 Å². The maximum absolute atomic E-state index is 12.2. The van der Waals surface area contributed by atoms with Crippen LogP contribution in [-0.4, -0.2) is 25.4 Å². The molecule has 1 aliphatic rings. The molecule has 0 aromatic heterocycles. The van der Waals surface area contributed by atoms with Gasteiger partial charge in [-0.3, -0.25) is 4.79 Å². The van der Waals surface area contributed by atoms with E-state index in [1.165, 1.54) is 0 Å². The first kappa shape index (κ1) is 14.2. The van der Waals surface area contributed by atoms with E-state index in [4.69, 9.17) is 16.3 Å². The summed E-state index contributed by atoms with van der Waals surface area (Å²) in [7, 11) is 1.58. The SMILES string of the molecule is COc1ccc(C)cc1C(=O)NCC1(CCCl)CC1. The Balaban J connectivity index is 2.02. The van der Waals surface area contributed by atoms with Gasteiger partial charge in [0.25, 0.3) is 5.91 Å². The fourth-order valence-electron chi connectivity index (χ4n) is 2.25. The lowest BCUT2D eigenvalue weighted by Gasteiger charge is -2.15. The Bertz CT molecular complexity index is 469. The predicted molar refractivity (Wildman–Crippen MR) is 77.1 cm³/mol. The molecule has 2 rings (SSSR count). The number of benzene rings is 1. The highest BCUT2D eigenvalue weighted by Gasteiger charge is 2.41. The van der Waals surface area contributed by atoms with Gasteiger partial charge in [0.1, 0.15) is 5.75 Å². The van der Waals surface area contributed by atoms with Crippen molar-refractivity contribution in [3.63, 3.8) is 0 Å². The zero-order valence-electron chi connectivity index (χ0n) is 11.5. The van der Waals surface area contributed by atoms with Gasteiger partial charge >= 0.3 is 0 Å². The Kier molecular flexibility index (Phi) is 4.35. The van der Waals surface area contributed by atoms with Crippen LogP contribution in [0, 0.1) is 12.3 Å². The van der Waals surface area contributed by atoms with Crippen molar-refractivity contribution in [1.29, 1.82) is 0 Å². The summed E-state index contributed by atoms with van der Waals surface area (Å²) < 4.78 is 5.23. The quantitative estimate of drug-likeness (QED) is 0.814. The van der Waals surface area contributed by atoms with E-state index >= 15 is 0 Å². The number of carbonyl (C=O) groups is 1. The molecule has 19 heavy (non-hydrogen) atoms. The summed E-state index contributed by atoms with van der Waals surface area (Å²) in [6.45, 7) is 2.67. The average molecular weight is 282 g/mol. The standard InChI is InChI=1S/C15H20ClNO2/c1-11-3-4-13(19-2)12(9-11)14(18)17-10-15(5-6-15)7-8-16/h3-4,9H,5-8,10H2,1-2H3,(H,17,18). The number of hydrogen-bond acceptors (Lipinski definition) is 2. The number of methoxy groups -OCH3 is 1. The highest BCUT2D eigenvalue weighted by Crippen LogP contribution is 2.48. The molecule has 0 radical (unpaired) electrons. The van der Waals surface area contributed by atoms with E-state index in [0.717, 1.165) is 24.8 Å². The van der Waals surface area contributed by atoms with Crippen LogP contribution in [0.25, 0.3) is 0 Å². The molecule has 3 nitrogen and oxygen atoms in total. The number of halogens is 1. The molecule has 104 valence electrons. The number of alkyl halides is 1. The molecule has 0 spiro atoms. The minimum absolute atomic E-state index is 0.0682. The van der Waals surface area contributed by atoms with Crippen LogP contribution in [0.1, 0.15) is 35.2 Å². The molecule has 1 saturated carbocycles. The lowest BCUT2D eigenvalue weighted by Crippen LogP contribution is -2.30. The first-order chi connectivity index (χ1) is 9.10. The summed E-state index contributed by atoms with van der Waals surface area (Å²) in [4.78, 5) is 12.2. The van der Waals surface area contributed by atoms with Crippen LogP contribution in [-0.2, 0) is 0 Å². The highest BCUT2D eigenvalue weighted by atomic mass is 35.5. The zero-order chi connectivity index (χ0) is 13.9. The molecule has 1 aromatic rings. The van der Waals surface area contributed by atoms with Gasteiger partial charge in [0.05, 0.1) is 12.7 Å². The average Bonchev–Trinajstić information content (AvgIpc) is 3.17. The van der Waals surface area contributed by atoms with Crippen LogP contribution in [0.2, 0.25) is 0 Å². The van der Waals surface area contributed by atoms with Crippen molar-refractivity contribution >= 4 is 17.5 Å². The van der Waals surface area contributed by atoms with Crippen molar-refractivity contribution in [2.24, 2.45) is 5.41 Å². The normalized spacial score (nSPS) is 15.9. The molecule has 0 heterocycles. The van der Waals surface area contributed by atoms with E-state index in [1.807, 2.05) is 25.1 Å². The summed E-state index contributed by atoms with van der Waals surface area (Å²) in [6.07, 6.45) is 3.29. The van der Waals surface area contributed by atoms with Crippen LogP contribution in [0.5, 0.6) is 5.75 Å². The molecule has 0 bridgehead atoms. The minimum atomic E-state index is -0.0682. The van der Waals surface area contributed by atoms with Crippen LogP contribution < -0.4 is 10.1 Å². The Hall–Kier alpha value is -1.22. The van der Waals surface area contributed by atoms with E-state index in [-0.39, 0.29) is 11.3 Å². The summed E-state index contributed by atoms with van der Waals surface area (Å²) in [6, 6.07) is 5.62. The van der Waals surface area contributed by atoms with E-state index < -0.39 is 0 Å². The molecule has 1 N–H and O–H groups in total. The van der Waals surface area contributed by atoms with Gasteiger partial charge in [0.2, 0.25) is 0 Å². The smallest absolute Gasteiger partial charge is 0.255 e. The molecule has 1 aromatic carbocycles. The van der Waals surface area contributed by atoms with Crippen molar-refractivity contribution in [2.75, 3.05) is 19.5 Å². The van der Waals surface area contributed by atoms with Gasteiger partial charge in [-0.2, -0.15) is 0 Å². The summed E-state index contributed by atoms with van der Waals surface area (Å²) in [5, 5.41) is 3.01. The Labute approximate surface area is 119 Å². The van der Waals surface area contributed by atoms with Crippen molar-refractivity contribution < 1.29 is 9.53 Å². The maximum Gasteiger partial charge on any atom is 0.255 e. The monoisotopic (exact) mass is 281 g/mol. The van der Waals surface area contributed by atoms with E-state index in [1.54, 1.807) is 7.11 Å². The third-order valence-electron chi connectivity index (χ3n) is 3.81. The van der Waals surface area contributed by atoms with Gasteiger partial charge in [0.15, 0.2) is 0 Å². The van der Waals surface area contributed by atoms with Crippen molar-refractivity contribution in [3.05, 3.63) is 29.3 Å². The zero-order valence-corrected chi connectivity index (χ0v) is 12.2. The number of carbonyl (C=O) groups excluding carboxylic acids is 1. The Morgan fingerprint density at radius 2 is 2.21 bits per heavy atom. The van der Waals surface area contributed by atoms with Crippen LogP contribution in [0.15, 0.2) is 18.2 Å². The van der Waals surface area contributed by atoms with Crippen LogP contribution in [0.3, 0.4) is 0 Å². The summed E-state index contributed by atoms with van der Waals surface area (Å²) in [5.41, 5.74) is 1.89. The van der Waals surface area contributed by atoms with Gasteiger partial charge in [-0.1, -0.05) is 11.6 Å². The van der Waals surface area contributed by atoms with Crippen LogP contribution in [0.4, 0.5) is 0 Å². The number of nitrogens with one attached hydrogen (secondary N) is 1. The second-order valence-corrected chi connectivity index (χ2v) is 5.70. The van der Waals surface area contributed by atoms with Gasteiger partial charge < -0.3 is 10.1 Å². The van der Waals surface area contributed by atoms with Crippen molar-refractivity contribution in [3.8, 4) is 5.75 Å². The van der Waals surface area contributed by atoms with E-state index in [9.17, 15) is 4.79 Å². The molecule has 4 heteroatoms. The molecule has 1 fully saturated rings. The molecule has 0 atom stereocenters. The van der Waals surface area contributed by atoms with E-state index in [2.05, 4.69) is 5.32 Å². The largest absolute Gasteiger partial charge is 0.496 e. The van der Waals surface area contributed by atoms with Crippen molar-refractivity contribution in [2.45, 2.75) is 26.2 Å². The lowest BCUT2D eigenvalue weighted by molar-refractivity contribution is 0.0941. The second-order valence-electron chi connectivity index (χ2n) is 5.33. The molecule has 1 aliphatic carbocycles. The Morgan fingerprint density at radius 1 is 1.47 bits per heavy atom. The first-order valence-electron chi connectivity index (χ1n) is 6.59. The molecule has 1 amide bonds. The first-order valence-corrected chi connectivity index (χ1v) is 7.12. The number of hydrogen-bond donors (Lipinski definition) is 1. The fourth-order valence-corrected chi connectivity index (χ4v) is 2.66. The van der Waals surface area contributed by atoms with Gasteiger partial charge in [-0.25, -0.2) is 0 Å². The van der Waals surface area contributed by atoms with Gasteiger partial charge in [0, 0.05) is 12.4 Å². The molecular weight excluding hydrogens is 262 g/mol. The van der Waals surface area contributed by atoms with Crippen molar-refractivity contribution in [1.82, 2.24) is 5.32 Å². The Morgan fingerprint density at radius 3 is 2.79 bits per heavy atom. The number of rotatable bonds is 6. The minimum Gasteiger partial charge on any atom is -0.496 e. The highest BCUT2D eigenvalue weighted by molar-refractivity contribution is 6.17. The number of aryl methyl sites for hydroxylation is 1. The molecule has 0 unspecified atom stereocenters. The molecule has 0 aliphatic heterocycles. The third kappa shape index (κ3) is 3.41. The molecule has 0 saturated heterocycles. The summed E-state index contributed by atoms with van der Waals surface area (Å²) in [5.74, 6) is 1.20. The van der Waals surface area contributed by atoms with Gasteiger partial charge in [-0.05, 0) is 43.7 Å². The molecular formula is C15H20ClNO2. The second kappa shape index (κ2) is 5.83. The maximum atomic E-state index is 12.2. The topological polar surface area (TPSA) is 38.3 Å². The lowest BCUT2D eigenvalue weighted by atomic mass is 10.0. The number of amides is 1. The van der Waals surface area contributed by atoms with Gasteiger partial charge in [-0.15, -0.1) is 11.6 Å². The van der Waals surface area contributed by atoms with E-state index in [0.29, 0.717) is 23.7 Å². The predicted octanol–water partition coefficient (Wildman–Crippen LogP) is 3.14. The number of ether oxygens (including phenoxy) is 1. The fraction of sp³-hybridized carbons (Fsp3) is 0.533. The third-order valence-corrected chi connectivity index (χ3v) is 3.99. The summed E-state index contributed by atoms with van der Waals surface area (Å²) >= 11 is 5.79.